The summed E-state index contributed by atoms with van der Waals surface area (Å²) in [6.45, 7) is 0. The standard InChI is InChI=1S/C21H14O2S/c22-20-17-13-7-8-14-18(17)24-21(23-20)19(15-9-3-1-4-10-15)16-11-5-2-6-12-16/h1-14H. The molecule has 0 amide bonds. The van der Waals surface area contributed by atoms with E-state index in [1.807, 2.05) is 78.9 Å². The molecule has 116 valence electrons. The Balaban J connectivity index is 1.91. The molecule has 0 spiro atoms. The summed E-state index contributed by atoms with van der Waals surface area (Å²) in [5.74, 6) is -0.302. The van der Waals surface area contributed by atoms with Gasteiger partial charge < -0.3 is 4.74 Å². The monoisotopic (exact) mass is 330 g/mol. The molecule has 0 saturated heterocycles. The first-order valence-corrected chi connectivity index (χ1v) is 8.49. The fourth-order valence-electron chi connectivity index (χ4n) is 2.70. The van der Waals surface area contributed by atoms with Crippen LogP contribution in [-0.4, -0.2) is 5.97 Å². The van der Waals surface area contributed by atoms with Gasteiger partial charge in [-0.3, -0.25) is 0 Å². The average molecular weight is 330 g/mol. The van der Waals surface area contributed by atoms with Gasteiger partial charge in [0.25, 0.3) is 0 Å². The summed E-state index contributed by atoms with van der Waals surface area (Å²) in [7, 11) is 0. The van der Waals surface area contributed by atoms with E-state index in [0.29, 0.717) is 10.7 Å². The lowest BCUT2D eigenvalue weighted by Crippen LogP contribution is -2.12. The zero-order valence-corrected chi connectivity index (χ0v) is 13.6. The lowest BCUT2D eigenvalue weighted by Gasteiger charge is -2.21. The van der Waals surface area contributed by atoms with E-state index < -0.39 is 0 Å². The Hall–Kier alpha value is -2.78. The number of fused-ring (bicyclic) bond motifs is 1. The molecule has 0 aromatic heterocycles. The summed E-state index contributed by atoms with van der Waals surface area (Å²) in [6, 6.07) is 27.6. The van der Waals surface area contributed by atoms with Crippen molar-refractivity contribution in [2.24, 2.45) is 0 Å². The van der Waals surface area contributed by atoms with E-state index in [9.17, 15) is 4.79 Å². The van der Waals surface area contributed by atoms with Gasteiger partial charge in [0.1, 0.15) is 0 Å². The maximum atomic E-state index is 12.4. The molecule has 0 fully saturated rings. The molecule has 1 heterocycles. The van der Waals surface area contributed by atoms with Crippen molar-refractivity contribution in [1.29, 1.82) is 0 Å². The maximum Gasteiger partial charge on any atom is 0.345 e. The van der Waals surface area contributed by atoms with Crippen LogP contribution in [0.25, 0.3) is 5.57 Å². The first kappa shape index (κ1) is 14.8. The lowest BCUT2D eigenvalue weighted by molar-refractivity contribution is 0.0643. The molecule has 2 nitrogen and oxygen atoms in total. The second kappa shape index (κ2) is 6.38. The number of benzene rings is 3. The Kier molecular flexibility index (Phi) is 3.93. The number of esters is 1. The van der Waals surface area contributed by atoms with E-state index in [-0.39, 0.29) is 5.97 Å². The topological polar surface area (TPSA) is 26.3 Å². The van der Waals surface area contributed by atoms with E-state index >= 15 is 0 Å². The van der Waals surface area contributed by atoms with Gasteiger partial charge in [-0.1, -0.05) is 84.6 Å². The van der Waals surface area contributed by atoms with E-state index in [0.717, 1.165) is 21.6 Å². The number of carbonyl (C=O) groups excluding carboxylic acids is 1. The molecule has 0 bridgehead atoms. The normalized spacial score (nSPS) is 13.2. The summed E-state index contributed by atoms with van der Waals surface area (Å²) >= 11 is 1.50. The molecule has 0 aliphatic carbocycles. The highest BCUT2D eigenvalue weighted by atomic mass is 32.2. The Labute approximate surface area is 144 Å². The number of hydrogen-bond acceptors (Lipinski definition) is 3. The Bertz CT molecular complexity index is 873. The van der Waals surface area contributed by atoms with Gasteiger partial charge in [-0.05, 0) is 23.3 Å². The predicted molar refractivity (Wildman–Crippen MR) is 96.6 cm³/mol. The fraction of sp³-hybridized carbons (Fsp3) is 0. The summed E-state index contributed by atoms with van der Waals surface area (Å²) in [5.41, 5.74) is 3.60. The van der Waals surface area contributed by atoms with Crippen LogP contribution in [0.3, 0.4) is 0 Å². The molecular formula is C21H14O2S. The number of thioether (sulfide) groups is 1. The fourth-order valence-corrected chi connectivity index (χ4v) is 3.76. The molecule has 0 saturated carbocycles. The van der Waals surface area contributed by atoms with Gasteiger partial charge in [-0.15, -0.1) is 0 Å². The smallest absolute Gasteiger partial charge is 0.345 e. The number of carbonyl (C=O) groups is 1. The van der Waals surface area contributed by atoms with Crippen LogP contribution in [0, 0.1) is 0 Å². The molecule has 1 aliphatic heterocycles. The van der Waals surface area contributed by atoms with Crippen LogP contribution in [0.4, 0.5) is 0 Å². The summed E-state index contributed by atoms with van der Waals surface area (Å²) in [4.78, 5) is 13.3. The van der Waals surface area contributed by atoms with Crippen molar-refractivity contribution in [3.63, 3.8) is 0 Å². The first-order valence-electron chi connectivity index (χ1n) is 7.67. The number of rotatable bonds is 2. The van der Waals surface area contributed by atoms with Gasteiger partial charge in [-0.25, -0.2) is 4.79 Å². The van der Waals surface area contributed by atoms with Crippen molar-refractivity contribution in [2.45, 2.75) is 4.90 Å². The molecule has 3 heteroatoms. The van der Waals surface area contributed by atoms with Crippen molar-refractivity contribution < 1.29 is 9.53 Å². The highest BCUT2D eigenvalue weighted by Gasteiger charge is 2.26. The van der Waals surface area contributed by atoms with E-state index in [1.54, 1.807) is 6.07 Å². The zero-order valence-electron chi connectivity index (χ0n) is 12.8. The van der Waals surface area contributed by atoms with Crippen molar-refractivity contribution in [3.8, 4) is 0 Å². The van der Waals surface area contributed by atoms with E-state index in [2.05, 4.69) is 0 Å². The summed E-state index contributed by atoms with van der Waals surface area (Å²) in [5, 5.41) is 0.621. The molecule has 0 unspecified atom stereocenters. The van der Waals surface area contributed by atoms with Crippen molar-refractivity contribution >= 4 is 23.3 Å². The van der Waals surface area contributed by atoms with Gasteiger partial charge in [-0.2, -0.15) is 0 Å². The summed E-state index contributed by atoms with van der Waals surface area (Å²) < 4.78 is 5.69. The number of hydrogen-bond donors (Lipinski definition) is 0. The molecule has 3 aromatic carbocycles. The second-order valence-corrected chi connectivity index (χ2v) is 6.40. The third kappa shape index (κ3) is 2.74. The molecular weight excluding hydrogens is 316 g/mol. The minimum atomic E-state index is -0.302. The van der Waals surface area contributed by atoms with Crippen LogP contribution in [0.5, 0.6) is 0 Å². The minimum absolute atomic E-state index is 0.302. The van der Waals surface area contributed by atoms with Crippen LogP contribution < -0.4 is 0 Å². The van der Waals surface area contributed by atoms with Gasteiger partial charge in [0.2, 0.25) is 0 Å². The molecule has 3 aromatic rings. The van der Waals surface area contributed by atoms with Crippen LogP contribution in [0.2, 0.25) is 0 Å². The lowest BCUT2D eigenvalue weighted by atomic mass is 9.99. The number of cyclic esters (lactones) is 1. The highest BCUT2D eigenvalue weighted by molar-refractivity contribution is 8.03. The largest absolute Gasteiger partial charge is 0.415 e. The zero-order chi connectivity index (χ0) is 16.4. The van der Waals surface area contributed by atoms with Crippen molar-refractivity contribution in [1.82, 2.24) is 0 Å². The van der Waals surface area contributed by atoms with E-state index in [1.165, 1.54) is 11.8 Å². The third-order valence-corrected chi connectivity index (χ3v) is 4.87. The summed E-state index contributed by atoms with van der Waals surface area (Å²) in [6.07, 6.45) is 0. The van der Waals surface area contributed by atoms with Crippen LogP contribution in [-0.2, 0) is 4.74 Å². The Morgan fingerprint density at radius 2 is 1.25 bits per heavy atom. The molecule has 0 atom stereocenters. The SMILES string of the molecule is O=C1OC(=C(c2ccccc2)c2ccccc2)Sc2ccccc21. The van der Waals surface area contributed by atoms with Crippen LogP contribution >= 0.6 is 11.8 Å². The molecule has 4 rings (SSSR count). The number of ether oxygens (including phenoxy) is 1. The average Bonchev–Trinajstić information content (AvgIpc) is 2.64. The van der Waals surface area contributed by atoms with Crippen LogP contribution in [0.1, 0.15) is 21.5 Å². The van der Waals surface area contributed by atoms with Gasteiger partial charge in [0.05, 0.1) is 5.56 Å². The van der Waals surface area contributed by atoms with Crippen molar-refractivity contribution in [2.75, 3.05) is 0 Å². The van der Waals surface area contributed by atoms with E-state index in [4.69, 9.17) is 4.74 Å². The maximum absolute atomic E-state index is 12.4. The molecule has 24 heavy (non-hydrogen) atoms. The minimum Gasteiger partial charge on any atom is -0.415 e. The second-order valence-electron chi connectivity index (χ2n) is 5.38. The predicted octanol–water partition coefficient (Wildman–Crippen LogP) is 5.37. The first-order chi connectivity index (χ1) is 11.8. The molecule has 1 aliphatic rings. The third-order valence-electron chi connectivity index (χ3n) is 3.82. The Morgan fingerprint density at radius 1 is 0.708 bits per heavy atom. The van der Waals surface area contributed by atoms with Crippen molar-refractivity contribution in [3.05, 3.63) is 107 Å². The van der Waals surface area contributed by atoms with Crippen LogP contribution in [0.15, 0.2) is 94.9 Å². The molecule has 0 radical (unpaired) electrons. The Morgan fingerprint density at radius 3 is 1.88 bits per heavy atom. The van der Waals surface area contributed by atoms with Gasteiger partial charge in [0.15, 0.2) is 5.09 Å². The van der Waals surface area contributed by atoms with Gasteiger partial charge in [0, 0.05) is 10.5 Å². The van der Waals surface area contributed by atoms with Gasteiger partial charge >= 0.3 is 5.97 Å². The highest BCUT2D eigenvalue weighted by Crippen LogP contribution is 2.42. The molecule has 0 N–H and O–H groups in total. The quantitative estimate of drug-likeness (QED) is 0.591.